The molecule has 0 bridgehead atoms. The first-order valence-electron chi connectivity index (χ1n) is 8.27. The first-order chi connectivity index (χ1) is 12.5. The van der Waals surface area contributed by atoms with Crippen LogP contribution in [0.25, 0.3) is 10.2 Å². The van der Waals surface area contributed by atoms with E-state index in [2.05, 4.69) is 14.8 Å². The van der Waals surface area contributed by atoms with Crippen molar-refractivity contribution in [2.75, 3.05) is 41.7 Å². The van der Waals surface area contributed by atoms with Crippen LogP contribution in [0.3, 0.4) is 0 Å². The van der Waals surface area contributed by atoms with Gasteiger partial charge in [0.1, 0.15) is 9.71 Å². The Morgan fingerprint density at radius 2 is 1.73 bits per heavy atom. The van der Waals surface area contributed by atoms with Gasteiger partial charge in [-0.3, -0.25) is 4.79 Å². The van der Waals surface area contributed by atoms with E-state index in [0.717, 1.165) is 47.1 Å². The Bertz CT molecular complexity index is 964. The number of nitrogens with two attached hydrogens (primary N) is 2. The van der Waals surface area contributed by atoms with Crippen LogP contribution in [-0.4, -0.2) is 37.1 Å². The number of nitrogens with zero attached hydrogens (tertiary/aromatic N) is 3. The number of rotatable bonds is 3. The van der Waals surface area contributed by atoms with Crippen molar-refractivity contribution in [2.24, 2.45) is 5.73 Å². The van der Waals surface area contributed by atoms with Crippen LogP contribution in [0.1, 0.15) is 9.67 Å². The van der Waals surface area contributed by atoms with E-state index in [9.17, 15) is 4.79 Å². The van der Waals surface area contributed by atoms with E-state index in [1.54, 1.807) is 6.20 Å². The highest BCUT2D eigenvalue weighted by Gasteiger charge is 2.23. The molecule has 4 rings (SSSR count). The number of thiophene rings is 1. The van der Waals surface area contributed by atoms with Crippen LogP contribution in [0.4, 0.5) is 17.1 Å². The van der Waals surface area contributed by atoms with E-state index >= 15 is 0 Å². The van der Waals surface area contributed by atoms with Crippen LogP contribution < -0.4 is 21.3 Å². The highest BCUT2D eigenvalue weighted by atomic mass is 35.5. The number of primary amides is 1. The summed E-state index contributed by atoms with van der Waals surface area (Å²) in [6.45, 7) is 3.47. The van der Waals surface area contributed by atoms with Crippen LogP contribution in [0.15, 0.2) is 36.5 Å². The maximum Gasteiger partial charge on any atom is 0.260 e. The molecule has 1 amide bonds. The molecule has 0 aliphatic carbocycles. The standard InChI is InChI=1S/C18H18ClN5OS/c19-11-1-3-12(4-2-11)23-7-9-24(10-8-23)13-5-6-22-18-14(13)15(20)16(26-18)17(21)25/h1-6H,7-10,20H2,(H2,21,25). The summed E-state index contributed by atoms with van der Waals surface area (Å²) in [4.78, 5) is 21.7. The monoisotopic (exact) mass is 387 g/mol. The molecule has 3 aromatic rings. The molecular formula is C18H18ClN5OS. The van der Waals surface area contributed by atoms with Gasteiger partial charge >= 0.3 is 0 Å². The van der Waals surface area contributed by atoms with Crippen LogP contribution in [0.2, 0.25) is 5.02 Å². The van der Waals surface area contributed by atoms with Crippen LogP contribution in [0, 0.1) is 0 Å². The Labute approximate surface area is 160 Å². The predicted octanol–water partition coefficient (Wildman–Crippen LogP) is 2.96. The average molecular weight is 388 g/mol. The summed E-state index contributed by atoms with van der Waals surface area (Å²) in [6, 6.07) is 9.85. The molecular weight excluding hydrogens is 370 g/mol. The summed E-state index contributed by atoms with van der Waals surface area (Å²) < 4.78 is 0. The number of hydrogen-bond donors (Lipinski definition) is 2. The number of amides is 1. The normalized spacial score (nSPS) is 14.8. The number of hydrogen-bond acceptors (Lipinski definition) is 6. The molecule has 1 aromatic carbocycles. The van der Waals surface area contributed by atoms with Gasteiger partial charge in [0.25, 0.3) is 5.91 Å². The molecule has 0 atom stereocenters. The lowest BCUT2D eigenvalue weighted by Crippen LogP contribution is -2.46. The summed E-state index contributed by atoms with van der Waals surface area (Å²) in [6.07, 6.45) is 1.75. The highest BCUT2D eigenvalue weighted by Crippen LogP contribution is 2.38. The van der Waals surface area contributed by atoms with E-state index in [1.807, 2.05) is 30.3 Å². The second kappa shape index (κ2) is 6.66. The SMILES string of the molecule is NC(=O)c1sc2nccc(N3CCN(c4ccc(Cl)cc4)CC3)c2c1N. The second-order valence-corrected chi connectivity index (χ2v) is 7.61. The van der Waals surface area contributed by atoms with Gasteiger partial charge in [0, 0.05) is 43.1 Å². The van der Waals surface area contributed by atoms with Crippen molar-refractivity contribution in [1.29, 1.82) is 0 Å². The number of carbonyl (C=O) groups excluding carboxylic acids is 1. The zero-order valence-electron chi connectivity index (χ0n) is 14.0. The van der Waals surface area contributed by atoms with Gasteiger partial charge in [-0.25, -0.2) is 4.98 Å². The van der Waals surface area contributed by atoms with E-state index in [0.29, 0.717) is 10.6 Å². The molecule has 1 aliphatic rings. The second-order valence-electron chi connectivity index (χ2n) is 6.17. The summed E-state index contributed by atoms with van der Waals surface area (Å²) in [7, 11) is 0. The summed E-state index contributed by atoms with van der Waals surface area (Å²) >= 11 is 7.22. The minimum Gasteiger partial charge on any atom is -0.397 e. The Kier molecular flexibility index (Phi) is 4.34. The Morgan fingerprint density at radius 1 is 1.08 bits per heavy atom. The Morgan fingerprint density at radius 3 is 2.38 bits per heavy atom. The number of aromatic nitrogens is 1. The number of anilines is 3. The summed E-state index contributed by atoms with van der Waals surface area (Å²) in [5, 5.41) is 1.57. The van der Waals surface area contributed by atoms with Crippen molar-refractivity contribution in [1.82, 2.24) is 4.98 Å². The van der Waals surface area contributed by atoms with Gasteiger partial charge in [-0.2, -0.15) is 0 Å². The van der Waals surface area contributed by atoms with Crippen molar-refractivity contribution in [2.45, 2.75) is 0 Å². The summed E-state index contributed by atoms with van der Waals surface area (Å²) in [5.74, 6) is -0.510. The number of halogens is 1. The van der Waals surface area contributed by atoms with Crippen molar-refractivity contribution in [3.8, 4) is 0 Å². The van der Waals surface area contributed by atoms with E-state index in [-0.39, 0.29) is 0 Å². The van der Waals surface area contributed by atoms with Gasteiger partial charge in [-0.1, -0.05) is 11.6 Å². The zero-order chi connectivity index (χ0) is 18.3. The smallest absolute Gasteiger partial charge is 0.260 e. The molecule has 26 heavy (non-hydrogen) atoms. The third-order valence-electron chi connectivity index (χ3n) is 4.64. The van der Waals surface area contributed by atoms with Gasteiger partial charge in [0.05, 0.1) is 16.8 Å². The van der Waals surface area contributed by atoms with Gasteiger partial charge in [-0.05, 0) is 30.3 Å². The molecule has 0 radical (unpaired) electrons. The molecule has 134 valence electrons. The number of nitrogen functional groups attached to an aromatic ring is 1. The fourth-order valence-corrected chi connectivity index (χ4v) is 4.39. The minimum atomic E-state index is -0.510. The largest absolute Gasteiger partial charge is 0.397 e. The lowest BCUT2D eigenvalue weighted by molar-refractivity contribution is 0.100. The first kappa shape index (κ1) is 16.9. The maximum atomic E-state index is 11.6. The van der Waals surface area contributed by atoms with Crippen LogP contribution >= 0.6 is 22.9 Å². The molecule has 0 spiro atoms. The maximum absolute atomic E-state index is 11.6. The molecule has 0 unspecified atom stereocenters. The third kappa shape index (κ3) is 2.93. The van der Waals surface area contributed by atoms with Gasteiger partial charge in [0.2, 0.25) is 0 Å². The van der Waals surface area contributed by atoms with Crippen LogP contribution in [-0.2, 0) is 0 Å². The van der Waals surface area contributed by atoms with Gasteiger partial charge < -0.3 is 21.3 Å². The van der Waals surface area contributed by atoms with E-state index in [1.165, 1.54) is 17.0 Å². The number of pyridine rings is 1. The fraction of sp³-hybridized carbons (Fsp3) is 0.222. The third-order valence-corrected chi connectivity index (χ3v) is 6.02. The molecule has 1 aliphatic heterocycles. The fourth-order valence-electron chi connectivity index (χ4n) is 3.33. The van der Waals surface area contributed by atoms with Gasteiger partial charge in [-0.15, -0.1) is 11.3 Å². The number of piperazine rings is 1. The number of fused-ring (bicyclic) bond motifs is 1. The molecule has 1 saturated heterocycles. The van der Waals surface area contributed by atoms with Crippen molar-refractivity contribution < 1.29 is 4.79 Å². The molecule has 8 heteroatoms. The Hall–Kier alpha value is -2.51. The molecule has 4 N–H and O–H groups in total. The van der Waals surface area contributed by atoms with Crippen molar-refractivity contribution in [3.63, 3.8) is 0 Å². The van der Waals surface area contributed by atoms with E-state index < -0.39 is 5.91 Å². The lowest BCUT2D eigenvalue weighted by Gasteiger charge is -2.37. The topological polar surface area (TPSA) is 88.5 Å². The molecule has 6 nitrogen and oxygen atoms in total. The molecule has 2 aromatic heterocycles. The lowest BCUT2D eigenvalue weighted by atomic mass is 10.1. The molecule has 0 saturated carbocycles. The van der Waals surface area contributed by atoms with Crippen molar-refractivity contribution >= 4 is 56.1 Å². The summed E-state index contributed by atoms with van der Waals surface area (Å²) in [5.41, 5.74) is 14.2. The Balaban J connectivity index is 1.60. The first-order valence-corrected chi connectivity index (χ1v) is 9.46. The number of benzene rings is 1. The molecule has 3 heterocycles. The van der Waals surface area contributed by atoms with Crippen molar-refractivity contribution in [3.05, 3.63) is 46.4 Å². The van der Waals surface area contributed by atoms with Gasteiger partial charge in [0.15, 0.2) is 0 Å². The number of carbonyl (C=O) groups is 1. The predicted molar refractivity (Wildman–Crippen MR) is 108 cm³/mol. The molecule has 1 fully saturated rings. The van der Waals surface area contributed by atoms with E-state index in [4.69, 9.17) is 23.1 Å². The van der Waals surface area contributed by atoms with Crippen LogP contribution in [0.5, 0.6) is 0 Å². The minimum absolute atomic E-state index is 0.375. The average Bonchev–Trinajstić information content (AvgIpc) is 3.00. The highest BCUT2D eigenvalue weighted by molar-refractivity contribution is 7.21. The quantitative estimate of drug-likeness (QED) is 0.721. The zero-order valence-corrected chi connectivity index (χ0v) is 15.6.